The fourth-order valence-electron chi connectivity index (χ4n) is 6.53. The summed E-state index contributed by atoms with van der Waals surface area (Å²) in [6.45, 7) is 6.69. The van der Waals surface area contributed by atoms with Crippen molar-refractivity contribution in [3.05, 3.63) is 0 Å². The van der Waals surface area contributed by atoms with E-state index in [4.69, 9.17) is 40.1 Å². The maximum Gasteiger partial charge on any atom is 0.326 e. The molecule has 0 rings (SSSR count). The highest BCUT2D eigenvalue weighted by molar-refractivity contribution is 7.98. The molecule has 8 amide bonds. The number of aliphatic hydroxyl groups excluding tert-OH is 1. The van der Waals surface area contributed by atoms with Gasteiger partial charge in [-0.2, -0.15) is 11.8 Å². The average Bonchev–Trinajstić information content (AvgIpc) is 3.33. The molecule has 10 atom stereocenters. The van der Waals surface area contributed by atoms with Crippen molar-refractivity contribution in [2.24, 2.45) is 66.9 Å². The van der Waals surface area contributed by atoms with Crippen LogP contribution in [0.3, 0.4) is 0 Å². The van der Waals surface area contributed by atoms with Gasteiger partial charge in [-0.25, -0.2) is 4.79 Å². The molecule has 0 saturated heterocycles. The van der Waals surface area contributed by atoms with Gasteiger partial charge in [-0.3, -0.25) is 53.3 Å². The van der Waals surface area contributed by atoms with E-state index >= 15 is 0 Å². The number of carboxylic acids is 1. The van der Waals surface area contributed by atoms with E-state index in [0.29, 0.717) is 25.0 Å². The summed E-state index contributed by atoms with van der Waals surface area (Å²) in [5.74, 6) is -8.99. The van der Waals surface area contributed by atoms with E-state index in [1.165, 1.54) is 18.7 Å². The van der Waals surface area contributed by atoms with Crippen LogP contribution in [0.15, 0.2) is 15.0 Å². The second-order valence-corrected chi connectivity index (χ2v) is 18.2. The number of thioether (sulfide) groups is 1. The van der Waals surface area contributed by atoms with Gasteiger partial charge in [0.05, 0.1) is 19.2 Å². The van der Waals surface area contributed by atoms with E-state index in [2.05, 4.69) is 57.5 Å². The summed E-state index contributed by atoms with van der Waals surface area (Å²) in [7, 11) is 0. The van der Waals surface area contributed by atoms with Crippen LogP contribution >= 0.6 is 11.8 Å². The van der Waals surface area contributed by atoms with Gasteiger partial charge in [0.2, 0.25) is 47.3 Å². The zero-order chi connectivity index (χ0) is 55.8. The van der Waals surface area contributed by atoms with Gasteiger partial charge in [0, 0.05) is 19.6 Å². The Kier molecular flexibility index (Phi) is 32.9. The highest BCUT2D eigenvalue weighted by Gasteiger charge is 2.35. The molecule has 73 heavy (non-hydrogen) atoms. The maximum absolute atomic E-state index is 14.1. The summed E-state index contributed by atoms with van der Waals surface area (Å²) in [5.41, 5.74) is 38.7. The Morgan fingerprint density at radius 3 is 1.33 bits per heavy atom. The predicted octanol–water partition coefficient (Wildman–Crippen LogP) is -6.07. The van der Waals surface area contributed by atoms with Gasteiger partial charge in [0.15, 0.2) is 17.9 Å². The molecule has 30 heteroatoms. The van der Waals surface area contributed by atoms with Crippen molar-refractivity contribution < 1.29 is 53.4 Å². The molecule has 24 N–H and O–H groups in total. The van der Waals surface area contributed by atoms with Gasteiger partial charge in [-0.15, -0.1) is 0 Å². The third-order valence-electron chi connectivity index (χ3n) is 11.3. The smallest absolute Gasteiger partial charge is 0.326 e. The van der Waals surface area contributed by atoms with Gasteiger partial charge < -0.3 is 92.9 Å². The van der Waals surface area contributed by atoms with E-state index < -0.39 is 127 Å². The highest BCUT2D eigenvalue weighted by atomic mass is 32.2. The van der Waals surface area contributed by atoms with Crippen molar-refractivity contribution in [1.82, 2.24) is 42.5 Å². The zero-order valence-corrected chi connectivity index (χ0v) is 43.6. The summed E-state index contributed by atoms with van der Waals surface area (Å²) >= 11 is 1.49. The minimum atomic E-state index is -1.64. The molecule has 0 aliphatic carbocycles. The third kappa shape index (κ3) is 27.6. The van der Waals surface area contributed by atoms with Crippen LogP contribution in [0.1, 0.15) is 92.4 Å². The van der Waals surface area contributed by atoms with Crippen LogP contribution in [-0.4, -0.2) is 174 Å². The Hall–Kier alpha value is -6.69. The second-order valence-electron chi connectivity index (χ2n) is 17.3. The number of aliphatic imine (C=N–C) groups is 3. The Labute approximate surface area is 430 Å². The minimum absolute atomic E-state index is 0.0136. The lowest BCUT2D eigenvalue weighted by atomic mass is 9.95. The number of amides is 8. The van der Waals surface area contributed by atoms with Crippen molar-refractivity contribution in [3.8, 4) is 0 Å². The molecule has 0 fully saturated rings. The van der Waals surface area contributed by atoms with Crippen molar-refractivity contribution in [3.63, 3.8) is 0 Å². The van der Waals surface area contributed by atoms with Crippen LogP contribution in [0.2, 0.25) is 0 Å². The number of carbonyl (C=O) groups is 9. The molecule has 0 aliphatic rings. The van der Waals surface area contributed by atoms with E-state index in [1.54, 1.807) is 27.7 Å². The number of rotatable bonds is 37. The van der Waals surface area contributed by atoms with Gasteiger partial charge >= 0.3 is 5.97 Å². The molecule has 0 radical (unpaired) electrons. The van der Waals surface area contributed by atoms with Crippen molar-refractivity contribution in [1.29, 1.82) is 0 Å². The molecular weight excluding hydrogens is 977 g/mol. The van der Waals surface area contributed by atoms with E-state index in [1.807, 2.05) is 6.26 Å². The molecule has 0 aromatic heterocycles. The zero-order valence-electron chi connectivity index (χ0n) is 42.7. The van der Waals surface area contributed by atoms with Crippen molar-refractivity contribution >= 4 is 82.9 Å². The minimum Gasteiger partial charge on any atom is -0.480 e. The average molecular weight is 1060 g/mol. The number of nitrogens with two attached hydrogens (primary N) is 7. The van der Waals surface area contributed by atoms with E-state index in [-0.39, 0.29) is 76.0 Å². The standard InChI is InChI=1S/C43H82N18O11S/c1-7-22(3)31(39(70)61-32(40(71)72)23(4)8-2)60-38(69)29(21-62)59-33(64)24(5)55-35(66)27(13-10-17-52-42(47)48)57-37(68)28(14-11-18-53-43(49)50)58-36(67)26(12-9-16-51-41(45)46)56-30(63)20-54-34(65)25(44)15-19-73-6/h22-29,31-32,62H,7-21,44H2,1-6H3,(H,54,65)(H,55,66)(H,56,63)(H,57,68)(H,58,67)(H,59,64)(H,60,69)(H,61,70)(H,71,72)(H4,45,46,51)(H4,47,48,52)(H4,49,50,53)/t22-,23-,24-,25-,26-,27-,28-,29-,31-,32-/m0/s1. The summed E-state index contributed by atoms with van der Waals surface area (Å²) in [6, 6.07) is -10.5. The van der Waals surface area contributed by atoms with E-state index in [0.717, 1.165) is 0 Å². The molecular formula is C43H82N18O11S. The summed E-state index contributed by atoms with van der Waals surface area (Å²) < 4.78 is 0. The number of hydrogen-bond donors (Lipinski definition) is 17. The number of hydrogen-bond acceptors (Lipinski definition) is 15. The molecule has 416 valence electrons. The fraction of sp³-hybridized carbons (Fsp3) is 0.721. The number of nitrogens with one attached hydrogen (secondary N) is 8. The van der Waals surface area contributed by atoms with Gasteiger partial charge in [0.25, 0.3) is 0 Å². The SMILES string of the molecule is CC[C@H](C)[C@H](NC(=O)[C@@H](NC(=O)[C@H](CO)NC(=O)[C@H](C)NC(=O)[C@H](CCCN=C(N)N)NC(=O)[C@H](CCCN=C(N)N)NC(=O)[C@H](CCCN=C(N)N)NC(=O)CNC(=O)[C@@H](N)CCSC)[C@@H](C)CC)C(=O)O. The number of carbonyl (C=O) groups excluding carboxylic acids is 8. The van der Waals surface area contributed by atoms with Crippen molar-refractivity contribution in [2.45, 2.75) is 141 Å². The number of nitrogens with zero attached hydrogens (tertiary/aromatic N) is 3. The normalized spacial score (nSPS) is 15.0. The third-order valence-corrected chi connectivity index (χ3v) is 11.9. The van der Waals surface area contributed by atoms with Crippen LogP contribution in [0.25, 0.3) is 0 Å². The topological polar surface area (TPSA) is 510 Å². The van der Waals surface area contributed by atoms with E-state index in [9.17, 15) is 53.4 Å². The first kappa shape index (κ1) is 66.3. The summed E-state index contributed by atoms with van der Waals surface area (Å²) in [6.07, 6.45) is 3.19. The molecule has 0 bridgehead atoms. The lowest BCUT2D eigenvalue weighted by Crippen LogP contribution is -2.61. The van der Waals surface area contributed by atoms with Crippen LogP contribution < -0.4 is 82.7 Å². The molecule has 0 aliphatic heterocycles. The Bertz CT molecular complexity index is 1900. The van der Waals surface area contributed by atoms with Crippen LogP contribution in [0.5, 0.6) is 0 Å². The number of guanidine groups is 3. The summed E-state index contributed by atoms with van der Waals surface area (Å²) in [4.78, 5) is 131. The monoisotopic (exact) mass is 1060 g/mol. The molecule has 0 spiro atoms. The van der Waals surface area contributed by atoms with Gasteiger partial charge in [-0.1, -0.05) is 40.5 Å². The number of carboxylic acid groups (broad SMARTS) is 1. The molecule has 0 unspecified atom stereocenters. The number of aliphatic carboxylic acids is 1. The van der Waals surface area contributed by atoms with Crippen molar-refractivity contribution in [2.75, 3.05) is 44.8 Å². The quantitative estimate of drug-likeness (QED) is 0.0156. The molecule has 0 saturated carbocycles. The second kappa shape index (κ2) is 36.3. The maximum atomic E-state index is 14.1. The molecule has 0 aromatic rings. The Morgan fingerprint density at radius 2 is 0.918 bits per heavy atom. The molecule has 0 aromatic carbocycles. The van der Waals surface area contributed by atoms with Crippen LogP contribution in [0.4, 0.5) is 0 Å². The first-order valence-corrected chi connectivity index (χ1v) is 25.4. The largest absolute Gasteiger partial charge is 0.480 e. The van der Waals surface area contributed by atoms with Gasteiger partial charge in [-0.05, 0) is 75.7 Å². The predicted molar refractivity (Wildman–Crippen MR) is 277 cm³/mol. The fourth-order valence-corrected chi connectivity index (χ4v) is 7.02. The Morgan fingerprint density at radius 1 is 0.521 bits per heavy atom. The first-order chi connectivity index (χ1) is 34.3. The molecule has 29 nitrogen and oxygen atoms in total. The lowest BCUT2D eigenvalue weighted by Gasteiger charge is -2.29. The van der Waals surface area contributed by atoms with Gasteiger partial charge in [0.1, 0.15) is 42.3 Å². The first-order valence-electron chi connectivity index (χ1n) is 24.0. The lowest BCUT2D eigenvalue weighted by molar-refractivity contribution is -0.144. The van der Waals surface area contributed by atoms with Crippen LogP contribution in [-0.2, 0) is 43.2 Å². The molecule has 0 heterocycles. The summed E-state index contributed by atoms with van der Waals surface area (Å²) in [5, 5.41) is 39.8. The van der Waals surface area contributed by atoms with Crippen LogP contribution in [0, 0.1) is 11.8 Å². The number of aliphatic hydroxyl groups is 1. The highest BCUT2D eigenvalue weighted by Crippen LogP contribution is 2.13. The Balaban J connectivity index is 6.54.